The normalized spacial score (nSPS) is 11.5. The third-order valence-electron chi connectivity index (χ3n) is 2.17. The van der Waals surface area contributed by atoms with Crippen LogP contribution in [0.4, 0.5) is 0 Å². The van der Waals surface area contributed by atoms with Crippen molar-refractivity contribution in [2.45, 2.75) is 13.8 Å². The number of furan rings is 2. The van der Waals surface area contributed by atoms with E-state index in [9.17, 15) is 4.79 Å². The van der Waals surface area contributed by atoms with Gasteiger partial charge in [-0.05, 0) is 38.1 Å². The largest absolute Gasteiger partial charge is 0.463 e. The number of carbonyl (C=O) groups is 1. The molecule has 1 N–H and O–H groups in total. The minimum atomic E-state index is -0.385. The van der Waals surface area contributed by atoms with E-state index in [0.717, 1.165) is 0 Å². The van der Waals surface area contributed by atoms with Gasteiger partial charge in [0.05, 0.1) is 6.26 Å². The van der Waals surface area contributed by atoms with Crippen LogP contribution >= 0.6 is 0 Å². The van der Waals surface area contributed by atoms with Gasteiger partial charge < -0.3 is 8.83 Å². The first-order chi connectivity index (χ1) is 8.16. The van der Waals surface area contributed by atoms with Crippen molar-refractivity contribution < 1.29 is 13.6 Å². The van der Waals surface area contributed by atoms with Crippen molar-refractivity contribution in [1.82, 2.24) is 5.43 Å². The molecular formula is C12H12N2O3. The second-order valence-electron chi connectivity index (χ2n) is 3.53. The second-order valence-corrected chi connectivity index (χ2v) is 3.53. The van der Waals surface area contributed by atoms with E-state index in [-0.39, 0.29) is 11.7 Å². The molecule has 2 rings (SSSR count). The molecule has 0 aliphatic rings. The van der Waals surface area contributed by atoms with Crippen molar-refractivity contribution in [3.8, 4) is 0 Å². The van der Waals surface area contributed by atoms with Crippen LogP contribution in [-0.2, 0) is 0 Å². The van der Waals surface area contributed by atoms with Crippen molar-refractivity contribution in [1.29, 1.82) is 0 Å². The predicted molar refractivity (Wildman–Crippen MR) is 61.8 cm³/mol. The Morgan fingerprint density at radius 2 is 2.12 bits per heavy atom. The average molecular weight is 232 g/mol. The maximum atomic E-state index is 11.6. The average Bonchev–Trinajstić information content (AvgIpc) is 2.95. The fraction of sp³-hybridized carbons (Fsp3) is 0.167. The quantitative estimate of drug-likeness (QED) is 0.652. The van der Waals surface area contributed by atoms with Crippen molar-refractivity contribution in [2.75, 3.05) is 0 Å². The highest BCUT2D eigenvalue weighted by molar-refractivity contribution is 5.98. The van der Waals surface area contributed by atoms with E-state index in [1.165, 1.54) is 0 Å². The molecule has 0 atom stereocenters. The first-order valence-corrected chi connectivity index (χ1v) is 5.12. The highest BCUT2D eigenvalue weighted by Crippen LogP contribution is 2.06. The Hall–Kier alpha value is -2.30. The van der Waals surface area contributed by atoms with Gasteiger partial charge in [0, 0.05) is 0 Å². The second kappa shape index (κ2) is 4.69. The Balaban J connectivity index is 2.03. The van der Waals surface area contributed by atoms with Gasteiger partial charge in [0.2, 0.25) is 0 Å². The zero-order valence-electron chi connectivity index (χ0n) is 9.56. The van der Waals surface area contributed by atoms with E-state index in [4.69, 9.17) is 8.83 Å². The number of amides is 1. The Labute approximate surface area is 98.1 Å². The summed E-state index contributed by atoms with van der Waals surface area (Å²) in [6, 6.07) is 6.84. The summed E-state index contributed by atoms with van der Waals surface area (Å²) in [4.78, 5) is 11.6. The number of rotatable bonds is 3. The molecular weight excluding hydrogens is 220 g/mol. The van der Waals surface area contributed by atoms with Crippen LogP contribution in [0.15, 0.2) is 44.5 Å². The van der Waals surface area contributed by atoms with Gasteiger partial charge in [-0.15, -0.1) is 0 Å². The molecule has 0 saturated carbocycles. The third kappa shape index (κ3) is 2.63. The predicted octanol–water partition coefficient (Wildman–Crippen LogP) is 2.34. The topological polar surface area (TPSA) is 67.7 Å². The van der Waals surface area contributed by atoms with E-state index in [1.54, 1.807) is 44.4 Å². The maximum absolute atomic E-state index is 11.6. The molecule has 5 nitrogen and oxygen atoms in total. The summed E-state index contributed by atoms with van der Waals surface area (Å²) in [7, 11) is 0. The summed E-state index contributed by atoms with van der Waals surface area (Å²) >= 11 is 0. The standard InChI is InChI=1S/C12H12N2O3/c1-8-5-6-11(17-8)12(15)14-13-9(2)10-4-3-7-16-10/h3-7H,1-2H3,(H,14,15). The van der Waals surface area contributed by atoms with Gasteiger partial charge in [-0.1, -0.05) is 0 Å². The minimum Gasteiger partial charge on any atom is -0.463 e. The number of hydrogen-bond donors (Lipinski definition) is 1. The number of hydrazone groups is 1. The van der Waals surface area contributed by atoms with Gasteiger partial charge in [0.25, 0.3) is 0 Å². The molecule has 0 aliphatic carbocycles. The van der Waals surface area contributed by atoms with Crippen molar-refractivity contribution in [2.24, 2.45) is 5.10 Å². The van der Waals surface area contributed by atoms with Crippen LogP contribution in [0.3, 0.4) is 0 Å². The van der Waals surface area contributed by atoms with Crippen LogP contribution in [0.5, 0.6) is 0 Å². The maximum Gasteiger partial charge on any atom is 0.307 e. The smallest absolute Gasteiger partial charge is 0.307 e. The lowest BCUT2D eigenvalue weighted by Gasteiger charge is -1.98. The highest BCUT2D eigenvalue weighted by atomic mass is 16.4. The lowest BCUT2D eigenvalue weighted by Crippen LogP contribution is -2.18. The van der Waals surface area contributed by atoms with Crippen LogP contribution in [0.2, 0.25) is 0 Å². The molecule has 0 unspecified atom stereocenters. The molecule has 1 amide bonds. The van der Waals surface area contributed by atoms with Crippen molar-refractivity contribution in [3.63, 3.8) is 0 Å². The molecule has 88 valence electrons. The van der Waals surface area contributed by atoms with Crippen LogP contribution in [0, 0.1) is 6.92 Å². The molecule has 0 bridgehead atoms. The Kier molecular flexibility index (Phi) is 3.09. The van der Waals surface area contributed by atoms with Crippen LogP contribution < -0.4 is 5.43 Å². The van der Waals surface area contributed by atoms with Gasteiger partial charge in [-0.2, -0.15) is 5.10 Å². The van der Waals surface area contributed by atoms with E-state index < -0.39 is 0 Å². The monoisotopic (exact) mass is 232 g/mol. The molecule has 5 heteroatoms. The Morgan fingerprint density at radius 3 is 2.71 bits per heavy atom. The molecule has 2 heterocycles. The number of aryl methyl sites for hydroxylation is 1. The van der Waals surface area contributed by atoms with E-state index in [0.29, 0.717) is 17.2 Å². The minimum absolute atomic E-state index is 0.235. The zero-order chi connectivity index (χ0) is 12.3. The van der Waals surface area contributed by atoms with E-state index >= 15 is 0 Å². The van der Waals surface area contributed by atoms with Gasteiger partial charge in [0.15, 0.2) is 5.76 Å². The highest BCUT2D eigenvalue weighted by Gasteiger charge is 2.09. The summed E-state index contributed by atoms with van der Waals surface area (Å²) in [5.41, 5.74) is 2.99. The number of nitrogens with zero attached hydrogens (tertiary/aromatic N) is 1. The fourth-order valence-electron chi connectivity index (χ4n) is 1.29. The lowest BCUT2D eigenvalue weighted by molar-refractivity contribution is 0.0926. The summed E-state index contributed by atoms with van der Waals surface area (Å²) < 4.78 is 10.3. The molecule has 2 aromatic rings. The Bertz CT molecular complexity index is 538. The van der Waals surface area contributed by atoms with Crippen LogP contribution in [0.1, 0.15) is 29.0 Å². The van der Waals surface area contributed by atoms with Gasteiger partial charge in [-0.3, -0.25) is 4.79 Å². The SMILES string of the molecule is CC(=NNC(=O)c1ccc(C)o1)c1ccco1. The molecule has 0 saturated heterocycles. The van der Waals surface area contributed by atoms with Crippen molar-refractivity contribution >= 4 is 11.6 Å². The number of nitrogens with one attached hydrogen (secondary N) is 1. The fourth-order valence-corrected chi connectivity index (χ4v) is 1.29. The Morgan fingerprint density at radius 1 is 1.29 bits per heavy atom. The molecule has 0 spiro atoms. The van der Waals surface area contributed by atoms with Crippen LogP contribution in [-0.4, -0.2) is 11.6 Å². The first-order valence-electron chi connectivity index (χ1n) is 5.12. The van der Waals surface area contributed by atoms with Gasteiger partial charge >= 0.3 is 5.91 Å². The first kappa shape index (κ1) is 11.2. The van der Waals surface area contributed by atoms with E-state index in [1.807, 2.05) is 0 Å². The molecule has 17 heavy (non-hydrogen) atoms. The molecule has 0 aliphatic heterocycles. The van der Waals surface area contributed by atoms with Gasteiger partial charge in [0.1, 0.15) is 17.2 Å². The summed E-state index contributed by atoms with van der Waals surface area (Å²) in [5, 5.41) is 3.92. The van der Waals surface area contributed by atoms with Crippen LogP contribution in [0.25, 0.3) is 0 Å². The summed E-state index contributed by atoms with van der Waals surface area (Å²) in [6.07, 6.45) is 1.55. The summed E-state index contributed by atoms with van der Waals surface area (Å²) in [6.45, 7) is 3.51. The number of hydrogen-bond acceptors (Lipinski definition) is 4. The van der Waals surface area contributed by atoms with Gasteiger partial charge in [-0.25, -0.2) is 5.43 Å². The summed E-state index contributed by atoms with van der Waals surface area (Å²) in [5.74, 6) is 1.14. The number of carbonyl (C=O) groups excluding carboxylic acids is 1. The zero-order valence-corrected chi connectivity index (χ0v) is 9.56. The lowest BCUT2D eigenvalue weighted by atomic mass is 10.3. The molecule has 0 radical (unpaired) electrons. The van der Waals surface area contributed by atoms with E-state index in [2.05, 4.69) is 10.5 Å². The third-order valence-corrected chi connectivity index (χ3v) is 2.17. The molecule has 2 aromatic heterocycles. The molecule has 0 aromatic carbocycles. The molecule has 0 fully saturated rings. The van der Waals surface area contributed by atoms with Crippen molar-refractivity contribution in [3.05, 3.63) is 47.8 Å².